The van der Waals surface area contributed by atoms with Crippen LogP contribution >= 0.6 is 0 Å². The van der Waals surface area contributed by atoms with Crippen molar-refractivity contribution >= 4 is 23.2 Å². The number of nitrogens with zero attached hydrogens (tertiary/aromatic N) is 6. The fourth-order valence-electron chi connectivity index (χ4n) is 2.51. The van der Waals surface area contributed by atoms with E-state index < -0.39 is 16.5 Å². The molecule has 0 aliphatic rings. The van der Waals surface area contributed by atoms with Crippen molar-refractivity contribution in [3.05, 3.63) is 52.3 Å². The molecule has 11 nitrogen and oxygen atoms in total. The average Bonchev–Trinajstić information content (AvgIpc) is 2.72. The first-order chi connectivity index (χ1) is 14.1. The van der Waals surface area contributed by atoms with Gasteiger partial charge >= 0.3 is 5.69 Å². The summed E-state index contributed by atoms with van der Waals surface area (Å²) in [6.45, 7) is 0.325. The molecule has 2 N–H and O–H groups in total. The number of carbonyl (C=O) groups is 1. The molecule has 0 saturated heterocycles. The van der Waals surface area contributed by atoms with E-state index in [1.165, 1.54) is 4.90 Å². The van der Waals surface area contributed by atoms with Gasteiger partial charge in [0.1, 0.15) is 6.33 Å². The largest absolute Gasteiger partial charge is 0.355 e. The normalized spacial score (nSPS) is 9.72. The molecule has 0 radical (unpaired) electrons. The zero-order valence-corrected chi connectivity index (χ0v) is 15.4. The molecule has 0 fully saturated rings. The van der Waals surface area contributed by atoms with Crippen LogP contribution in [0.3, 0.4) is 0 Å². The lowest BCUT2D eigenvalue weighted by atomic mass is 10.1. The number of carbonyl (C=O) groups excluding carboxylic acids is 1. The van der Waals surface area contributed by atoms with Crippen LogP contribution in [0.1, 0.15) is 18.4 Å². The highest BCUT2D eigenvalue weighted by Crippen LogP contribution is 2.31. The van der Waals surface area contributed by atoms with Gasteiger partial charge in [0, 0.05) is 13.1 Å². The Balaban J connectivity index is 2.20. The monoisotopic (exact) mass is 394 g/mol. The van der Waals surface area contributed by atoms with Gasteiger partial charge in [-0.25, -0.2) is 9.97 Å². The minimum absolute atomic E-state index is 0.0321. The van der Waals surface area contributed by atoms with Gasteiger partial charge in [-0.1, -0.05) is 30.3 Å². The van der Waals surface area contributed by atoms with Gasteiger partial charge in [0.25, 0.3) is 0 Å². The number of anilines is 2. The maximum atomic E-state index is 12.1. The van der Waals surface area contributed by atoms with Crippen LogP contribution in [0.25, 0.3) is 0 Å². The highest BCUT2D eigenvalue weighted by molar-refractivity contribution is 5.81. The molecular weight excluding hydrogens is 376 g/mol. The summed E-state index contributed by atoms with van der Waals surface area (Å²) in [6, 6.07) is 12.9. The molecule has 148 valence electrons. The molecular formula is C18H18N8O3. The molecule has 1 aromatic carbocycles. The summed E-state index contributed by atoms with van der Waals surface area (Å²) in [5.74, 6) is -0.632. The van der Waals surface area contributed by atoms with Crippen molar-refractivity contribution in [1.82, 2.24) is 15.4 Å². The Labute approximate surface area is 166 Å². The van der Waals surface area contributed by atoms with Gasteiger partial charge < -0.3 is 4.90 Å². The van der Waals surface area contributed by atoms with E-state index in [1.54, 1.807) is 24.3 Å². The number of nitro groups is 1. The van der Waals surface area contributed by atoms with Gasteiger partial charge in [-0.2, -0.15) is 10.5 Å². The number of hydrogen-bond donors (Lipinski definition) is 2. The molecule has 29 heavy (non-hydrogen) atoms. The molecule has 1 aromatic heterocycles. The van der Waals surface area contributed by atoms with Crippen molar-refractivity contribution in [2.75, 3.05) is 23.4 Å². The second kappa shape index (κ2) is 10.8. The van der Waals surface area contributed by atoms with Crippen molar-refractivity contribution in [2.24, 2.45) is 0 Å². The number of hydrazine groups is 1. The van der Waals surface area contributed by atoms with Crippen molar-refractivity contribution < 1.29 is 9.72 Å². The van der Waals surface area contributed by atoms with Crippen LogP contribution in [0.2, 0.25) is 0 Å². The Hall–Kier alpha value is -4.25. The lowest BCUT2D eigenvalue weighted by molar-refractivity contribution is -0.383. The zero-order valence-electron chi connectivity index (χ0n) is 15.4. The third-order valence-corrected chi connectivity index (χ3v) is 3.80. The summed E-state index contributed by atoms with van der Waals surface area (Å²) in [4.78, 5) is 32.4. The van der Waals surface area contributed by atoms with Gasteiger partial charge in [-0.3, -0.25) is 25.8 Å². The van der Waals surface area contributed by atoms with Crippen LogP contribution in [0.5, 0.6) is 0 Å². The molecule has 0 unspecified atom stereocenters. The topological polar surface area (TPSA) is 161 Å². The van der Waals surface area contributed by atoms with Gasteiger partial charge in [0.2, 0.25) is 17.5 Å². The predicted octanol–water partition coefficient (Wildman–Crippen LogP) is 1.70. The number of nitriles is 2. The number of hydrogen-bond acceptors (Lipinski definition) is 9. The smallest absolute Gasteiger partial charge is 0.349 e. The van der Waals surface area contributed by atoms with E-state index in [9.17, 15) is 14.9 Å². The molecule has 0 aliphatic carbocycles. The van der Waals surface area contributed by atoms with E-state index in [2.05, 4.69) is 20.8 Å². The number of amides is 1. The summed E-state index contributed by atoms with van der Waals surface area (Å²) in [5.41, 5.74) is 5.19. The van der Waals surface area contributed by atoms with Crippen molar-refractivity contribution in [3.63, 3.8) is 0 Å². The van der Waals surface area contributed by atoms with E-state index in [1.807, 2.05) is 18.2 Å². The van der Waals surface area contributed by atoms with Crippen LogP contribution < -0.4 is 15.8 Å². The van der Waals surface area contributed by atoms with Gasteiger partial charge in [-0.15, -0.1) is 0 Å². The Kier molecular flexibility index (Phi) is 7.83. The molecule has 0 spiro atoms. The Morgan fingerprint density at radius 3 is 2.38 bits per heavy atom. The van der Waals surface area contributed by atoms with Crippen molar-refractivity contribution in [3.8, 4) is 12.1 Å². The molecule has 0 aliphatic heterocycles. The summed E-state index contributed by atoms with van der Waals surface area (Å²) < 4.78 is 0. The summed E-state index contributed by atoms with van der Waals surface area (Å²) in [7, 11) is 0. The maximum Gasteiger partial charge on any atom is 0.355 e. The summed E-state index contributed by atoms with van der Waals surface area (Å²) in [6.07, 6.45) is 1.39. The molecule has 2 rings (SSSR count). The first-order valence-corrected chi connectivity index (χ1v) is 8.63. The standard InChI is InChI=1S/C18H18N8O3/c19-8-4-10-25(11-5-9-20)18-16(26(28)29)17(21-13-22-18)24-23-15(27)12-14-6-2-1-3-7-14/h1-3,6-7,13H,4-5,10-12H2,(H,23,27)(H,21,22,24). The highest BCUT2D eigenvalue weighted by Gasteiger charge is 2.27. The molecule has 0 bridgehead atoms. The average molecular weight is 394 g/mol. The number of nitrogens with one attached hydrogen (secondary N) is 2. The summed E-state index contributed by atoms with van der Waals surface area (Å²) in [5, 5.41) is 29.3. The van der Waals surface area contributed by atoms with Gasteiger partial charge in [0.15, 0.2) is 0 Å². The second-order valence-corrected chi connectivity index (χ2v) is 5.79. The molecule has 1 amide bonds. The van der Waals surface area contributed by atoms with Crippen molar-refractivity contribution in [2.45, 2.75) is 19.3 Å². The van der Waals surface area contributed by atoms with E-state index >= 15 is 0 Å². The van der Waals surface area contributed by atoms with E-state index in [4.69, 9.17) is 10.5 Å². The molecule has 0 atom stereocenters. The van der Waals surface area contributed by atoms with Crippen LogP contribution in [0.15, 0.2) is 36.7 Å². The Morgan fingerprint density at radius 2 is 1.79 bits per heavy atom. The molecule has 1 heterocycles. The number of aromatic nitrogens is 2. The SMILES string of the molecule is N#CCCN(CCC#N)c1ncnc(NNC(=O)Cc2ccccc2)c1[N+](=O)[O-]. The number of benzene rings is 1. The lowest BCUT2D eigenvalue weighted by Crippen LogP contribution is -2.32. The maximum absolute atomic E-state index is 12.1. The Morgan fingerprint density at radius 1 is 1.14 bits per heavy atom. The molecule has 2 aromatic rings. The second-order valence-electron chi connectivity index (χ2n) is 5.79. The molecule has 0 saturated carbocycles. The zero-order chi connectivity index (χ0) is 21.1. The fraction of sp³-hybridized carbons (Fsp3) is 0.278. The van der Waals surface area contributed by atoms with Gasteiger partial charge in [-0.05, 0) is 5.56 Å². The third-order valence-electron chi connectivity index (χ3n) is 3.80. The van der Waals surface area contributed by atoms with Crippen molar-refractivity contribution in [1.29, 1.82) is 10.5 Å². The number of rotatable bonds is 10. The third kappa shape index (κ3) is 6.15. The van der Waals surface area contributed by atoms with Crippen LogP contribution in [0, 0.1) is 32.8 Å². The minimum Gasteiger partial charge on any atom is -0.349 e. The van der Waals surface area contributed by atoms with Crippen LogP contribution in [-0.4, -0.2) is 33.9 Å². The van der Waals surface area contributed by atoms with Crippen LogP contribution in [-0.2, 0) is 11.2 Å². The van der Waals surface area contributed by atoms with Crippen LogP contribution in [0.4, 0.5) is 17.3 Å². The highest BCUT2D eigenvalue weighted by atomic mass is 16.6. The molecule has 11 heteroatoms. The quantitative estimate of drug-likeness (QED) is 0.451. The minimum atomic E-state index is -0.674. The Bertz CT molecular complexity index is 918. The lowest BCUT2D eigenvalue weighted by Gasteiger charge is -2.21. The summed E-state index contributed by atoms with van der Waals surface area (Å²) >= 11 is 0. The van der Waals surface area contributed by atoms with E-state index in [0.717, 1.165) is 11.9 Å². The fourth-order valence-corrected chi connectivity index (χ4v) is 2.51. The predicted molar refractivity (Wildman–Crippen MR) is 103 cm³/mol. The van der Waals surface area contributed by atoms with E-state index in [-0.39, 0.29) is 44.0 Å². The van der Waals surface area contributed by atoms with Gasteiger partial charge in [0.05, 0.1) is 36.3 Å². The first-order valence-electron chi connectivity index (χ1n) is 8.63. The van der Waals surface area contributed by atoms with E-state index in [0.29, 0.717) is 0 Å². The first kappa shape index (κ1) is 21.1.